The Hall–Kier alpha value is -2.71. The fourth-order valence-electron chi connectivity index (χ4n) is 2.60. The van der Waals surface area contributed by atoms with Crippen molar-refractivity contribution < 1.29 is 18.0 Å². The Labute approximate surface area is 165 Å². The molecular formula is C20H25N3O4S. The number of benzene rings is 2. The van der Waals surface area contributed by atoms with Crippen LogP contribution in [0.4, 0.5) is 5.69 Å². The zero-order valence-corrected chi connectivity index (χ0v) is 17.3. The van der Waals surface area contributed by atoms with E-state index in [9.17, 15) is 18.0 Å². The number of nitrogens with zero attached hydrogens (tertiary/aromatic N) is 1. The highest BCUT2D eigenvalue weighted by molar-refractivity contribution is 7.89. The van der Waals surface area contributed by atoms with Crippen molar-refractivity contribution in [3.63, 3.8) is 0 Å². The lowest BCUT2D eigenvalue weighted by Crippen LogP contribution is -2.35. The lowest BCUT2D eigenvalue weighted by atomic mass is 10.1. The molecule has 0 spiro atoms. The minimum absolute atomic E-state index is 0.0146. The summed E-state index contributed by atoms with van der Waals surface area (Å²) in [5.74, 6) is -0.765. The van der Waals surface area contributed by atoms with Crippen molar-refractivity contribution in [2.75, 3.05) is 25.5 Å². The molecule has 0 aromatic heterocycles. The summed E-state index contributed by atoms with van der Waals surface area (Å²) in [5.41, 5.74) is 2.59. The highest BCUT2D eigenvalue weighted by Gasteiger charge is 2.20. The Kier molecular flexibility index (Phi) is 6.93. The van der Waals surface area contributed by atoms with Gasteiger partial charge < -0.3 is 10.2 Å². The normalized spacial score (nSPS) is 11.1. The highest BCUT2D eigenvalue weighted by atomic mass is 32.2. The van der Waals surface area contributed by atoms with Gasteiger partial charge in [0.15, 0.2) is 0 Å². The first-order chi connectivity index (χ1) is 13.1. The maximum absolute atomic E-state index is 12.8. The molecule has 0 aliphatic heterocycles. The molecule has 0 bridgehead atoms. The summed E-state index contributed by atoms with van der Waals surface area (Å²) in [6.07, 6.45) is 0. The number of anilines is 1. The Morgan fingerprint density at radius 1 is 1.04 bits per heavy atom. The van der Waals surface area contributed by atoms with E-state index in [0.717, 1.165) is 5.56 Å². The van der Waals surface area contributed by atoms with Crippen LogP contribution < -0.4 is 10.0 Å². The predicted octanol–water partition coefficient (Wildman–Crippen LogP) is 2.31. The van der Waals surface area contributed by atoms with Gasteiger partial charge in [-0.1, -0.05) is 30.7 Å². The lowest BCUT2D eigenvalue weighted by molar-refractivity contribution is -0.116. The van der Waals surface area contributed by atoms with Crippen molar-refractivity contribution in [1.82, 2.24) is 9.62 Å². The average molecular weight is 404 g/mol. The average Bonchev–Trinajstić information content (AvgIpc) is 2.63. The Bertz CT molecular complexity index is 969. The molecule has 7 nitrogen and oxygen atoms in total. The van der Waals surface area contributed by atoms with Gasteiger partial charge in [-0.3, -0.25) is 9.59 Å². The maximum Gasteiger partial charge on any atom is 0.254 e. The largest absolute Gasteiger partial charge is 0.332 e. The summed E-state index contributed by atoms with van der Waals surface area (Å²) < 4.78 is 26.8. The quantitative estimate of drug-likeness (QED) is 0.742. The first-order valence-corrected chi connectivity index (χ1v) is 10.3. The second-order valence-corrected chi connectivity index (χ2v) is 8.32. The van der Waals surface area contributed by atoms with Crippen LogP contribution in [0.25, 0.3) is 0 Å². The van der Waals surface area contributed by atoms with E-state index in [2.05, 4.69) is 10.0 Å². The van der Waals surface area contributed by atoms with Gasteiger partial charge in [-0.2, -0.15) is 0 Å². The molecule has 0 saturated heterocycles. The van der Waals surface area contributed by atoms with E-state index in [0.29, 0.717) is 11.3 Å². The summed E-state index contributed by atoms with van der Waals surface area (Å²) in [4.78, 5) is 26.3. The summed E-state index contributed by atoms with van der Waals surface area (Å²) in [6.45, 7) is 5.44. The Morgan fingerprint density at radius 3 is 2.29 bits per heavy atom. The number of amides is 2. The SMILES string of the molecule is CCNS(=O)(=O)c1ccc(C)c(C(=O)N(C)CC(=O)Nc2ccc(C)cc2)c1. The molecule has 0 atom stereocenters. The maximum atomic E-state index is 12.8. The number of aryl methyl sites for hydroxylation is 2. The molecule has 2 N–H and O–H groups in total. The monoisotopic (exact) mass is 403 g/mol. The summed E-state index contributed by atoms with van der Waals surface area (Å²) in [7, 11) is -2.17. The van der Waals surface area contributed by atoms with Gasteiger partial charge >= 0.3 is 0 Å². The predicted molar refractivity (Wildman–Crippen MR) is 109 cm³/mol. The summed E-state index contributed by atoms with van der Waals surface area (Å²) in [5, 5.41) is 2.73. The highest BCUT2D eigenvalue weighted by Crippen LogP contribution is 2.17. The van der Waals surface area contributed by atoms with Crippen LogP contribution >= 0.6 is 0 Å². The number of carbonyl (C=O) groups is 2. The van der Waals surface area contributed by atoms with E-state index in [4.69, 9.17) is 0 Å². The van der Waals surface area contributed by atoms with Crippen LogP contribution in [0.5, 0.6) is 0 Å². The molecule has 2 amide bonds. The van der Waals surface area contributed by atoms with Crippen LogP contribution in [-0.2, 0) is 14.8 Å². The Balaban J connectivity index is 2.13. The molecule has 2 aromatic rings. The van der Waals surface area contributed by atoms with Gasteiger partial charge in [-0.05, 0) is 43.7 Å². The van der Waals surface area contributed by atoms with Crippen molar-refractivity contribution in [3.8, 4) is 0 Å². The number of rotatable bonds is 7. The van der Waals surface area contributed by atoms with E-state index in [1.165, 1.54) is 24.1 Å². The molecule has 0 unspecified atom stereocenters. The van der Waals surface area contributed by atoms with Crippen molar-refractivity contribution in [2.24, 2.45) is 0 Å². The van der Waals surface area contributed by atoms with Crippen LogP contribution in [0.1, 0.15) is 28.4 Å². The van der Waals surface area contributed by atoms with E-state index in [1.807, 2.05) is 19.1 Å². The molecule has 0 heterocycles. The first-order valence-electron chi connectivity index (χ1n) is 8.86. The van der Waals surface area contributed by atoms with E-state index in [-0.39, 0.29) is 29.5 Å². The van der Waals surface area contributed by atoms with E-state index >= 15 is 0 Å². The van der Waals surface area contributed by atoms with E-state index < -0.39 is 15.9 Å². The van der Waals surface area contributed by atoms with Gasteiger partial charge in [0, 0.05) is 24.8 Å². The minimum atomic E-state index is -3.68. The van der Waals surface area contributed by atoms with Crippen molar-refractivity contribution in [3.05, 3.63) is 59.2 Å². The van der Waals surface area contributed by atoms with Crippen LogP contribution in [0.15, 0.2) is 47.4 Å². The number of hydrogen-bond donors (Lipinski definition) is 2. The fraction of sp³-hybridized carbons (Fsp3) is 0.300. The smallest absolute Gasteiger partial charge is 0.254 e. The number of sulfonamides is 1. The van der Waals surface area contributed by atoms with Crippen LogP contribution in [0, 0.1) is 13.8 Å². The number of likely N-dealkylation sites (N-methyl/N-ethyl adjacent to an activating group) is 1. The van der Waals surface area contributed by atoms with Gasteiger partial charge in [0.1, 0.15) is 0 Å². The van der Waals surface area contributed by atoms with E-state index in [1.54, 1.807) is 32.0 Å². The minimum Gasteiger partial charge on any atom is -0.332 e. The molecule has 0 radical (unpaired) electrons. The fourth-order valence-corrected chi connectivity index (χ4v) is 3.67. The second-order valence-electron chi connectivity index (χ2n) is 6.55. The number of nitrogens with one attached hydrogen (secondary N) is 2. The molecule has 2 aromatic carbocycles. The van der Waals surface area contributed by atoms with Crippen LogP contribution in [0.3, 0.4) is 0 Å². The molecular weight excluding hydrogens is 378 g/mol. The molecule has 0 fully saturated rings. The van der Waals surface area contributed by atoms with Crippen molar-refractivity contribution in [1.29, 1.82) is 0 Å². The standard InChI is InChI=1S/C20H25N3O4S/c1-5-21-28(26,27)17-11-8-15(3)18(12-17)20(25)23(4)13-19(24)22-16-9-6-14(2)7-10-16/h6-12,21H,5,13H2,1-4H3,(H,22,24). The third kappa shape index (κ3) is 5.40. The van der Waals surface area contributed by atoms with Gasteiger partial charge in [-0.15, -0.1) is 0 Å². The van der Waals surface area contributed by atoms with Gasteiger partial charge in [0.2, 0.25) is 15.9 Å². The second kappa shape index (κ2) is 8.99. The first kappa shape index (κ1) is 21.6. The molecule has 8 heteroatoms. The zero-order valence-electron chi connectivity index (χ0n) is 16.4. The zero-order chi connectivity index (χ0) is 20.9. The lowest BCUT2D eigenvalue weighted by Gasteiger charge is -2.19. The van der Waals surface area contributed by atoms with Crippen molar-refractivity contribution >= 4 is 27.5 Å². The van der Waals surface area contributed by atoms with Crippen molar-refractivity contribution in [2.45, 2.75) is 25.7 Å². The molecule has 150 valence electrons. The number of carbonyl (C=O) groups excluding carboxylic acids is 2. The van der Waals surface area contributed by atoms with Crippen LogP contribution in [-0.4, -0.2) is 45.3 Å². The Morgan fingerprint density at radius 2 is 1.68 bits per heavy atom. The van der Waals surface area contributed by atoms with Gasteiger partial charge in [0.25, 0.3) is 5.91 Å². The summed E-state index contributed by atoms with van der Waals surface area (Å²) in [6, 6.07) is 11.7. The summed E-state index contributed by atoms with van der Waals surface area (Å²) >= 11 is 0. The third-order valence-corrected chi connectivity index (χ3v) is 5.69. The molecule has 0 aliphatic carbocycles. The van der Waals surface area contributed by atoms with Crippen LogP contribution in [0.2, 0.25) is 0 Å². The van der Waals surface area contributed by atoms with Gasteiger partial charge in [0.05, 0.1) is 11.4 Å². The molecule has 28 heavy (non-hydrogen) atoms. The molecule has 0 saturated carbocycles. The topological polar surface area (TPSA) is 95.6 Å². The molecule has 2 rings (SSSR count). The number of hydrogen-bond acceptors (Lipinski definition) is 4. The van der Waals surface area contributed by atoms with Gasteiger partial charge in [-0.25, -0.2) is 13.1 Å². The third-order valence-electron chi connectivity index (χ3n) is 4.15. The molecule has 0 aliphatic rings.